The van der Waals surface area contributed by atoms with Crippen LogP contribution in [0.15, 0.2) is 15.7 Å². The Labute approximate surface area is 57.3 Å². The van der Waals surface area contributed by atoms with E-state index in [1.165, 1.54) is 6.21 Å². The predicted octanol–water partition coefficient (Wildman–Crippen LogP) is 2.03. The van der Waals surface area contributed by atoms with E-state index in [0.717, 1.165) is 9.77 Å². The maximum atomic E-state index is 6.83. The fourth-order valence-electron chi connectivity index (χ4n) is 0.421. The van der Waals surface area contributed by atoms with Crippen LogP contribution in [-0.4, -0.2) is 6.21 Å². The van der Waals surface area contributed by atoms with Crippen LogP contribution < -0.4 is 0 Å². The van der Waals surface area contributed by atoms with Gasteiger partial charge >= 0.3 is 0 Å². The Morgan fingerprint density at radius 2 is 2.50 bits per heavy atom. The van der Waals surface area contributed by atoms with Gasteiger partial charge in [-0.3, -0.25) is 0 Å². The first kappa shape index (κ1) is 5.85. The third-order valence-corrected chi connectivity index (χ3v) is 2.14. The van der Waals surface area contributed by atoms with Gasteiger partial charge in [0, 0.05) is 11.8 Å². The van der Waals surface area contributed by atoms with Crippen molar-refractivity contribution in [1.29, 1.82) is 5.41 Å². The smallest absolute Gasteiger partial charge is 0.0655 e. The molecule has 0 unspecified atom stereocenters. The van der Waals surface area contributed by atoms with Crippen molar-refractivity contribution in [3.8, 4) is 0 Å². The van der Waals surface area contributed by atoms with E-state index in [-0.39, 0.29) is 0 Å². The maximum absolute atomic E-state index is 6.83. The van der Waals surface area contributed by atoms with Gasteiger partial charge in [-0.1, -0.05) is 0 Å². The van der Waals surface area contributed by atoms with Crippen LogP contribution >= 0.6 is 24.0 Å². The summed E-state index contributed by atoms with van der Waals surface area (Å²) in [5.41, 5.74) is 0.901. The molecule has 3 heteroatoms. The quantitative estimate of drug-likeness (QED) is 0.444. The molecule has 0 radical (unpaired) electrons. The Hall–Kier alpha value is -0.280. The first-order chi connectivity index (χ1) is 3.84. The van der Waals surface area contributed by atoms with Crippen molar-refractivity contribution in [3.05, 3.63) is 17.0 Å². The molecular formula is C5H5NS2. The van der Waals surface area contributed by atoms with Crippen LogP contribution in [0.4, 0.5) is 0 Å². The number of thiophene rings is 1. The average Bonchev–Trinajstić information content (AvgIpc) is 2.14. The molecule has 0 amide bonds. The summed E-state index contributed by atoms with van der Waals surface area (Å²) in [5.74, 6) is 0. The van der Waals surface area contributed by atoms with E-state index in [9.17, 15) is 0 Å². The number of hydrogen-bond acceptors (Lipinski definition) is 3. The lowest BCUT2D eigenvalue weighted by Crippen LogP contribution is -1.69. The molecule has 8 heavy (non-hydrogen) atoms. The van der Waals surface area contributed by atoms with Crippen molar-refractivity contribution in [2.45, 2.75) is 4.21 Å². The fraction of sp³-hybridized carbons (Fsp3) is 0. The second-order valence-corrected chi connectivity index (χ2v) is 2.99. The Bertz CT molecular complexity index is 192. The lowest BCUT2D eigenvalue weighted by atomic mass is 10.4. The first-order valence-corrected chi connectivity index (χ1v) is 3.44. The zero-order valence-electron chi connectivity index (χ0n) is 4.09. The molecule has 1 N–H and O–H groups in total. The van der Waals surface area contributed by atoms with Crippen LogP contribution in [0, 0.1) is 5.41 Å². The summed E-state index contributed by atoms with van der Waals surface area (Å²) in [6, 6.07) is 1.88. The molecule has 1 heterocycles. The predicted molar refractivity (Wildman–Crippen MR) is 39.5 cm³/mol. The van der Waals surface area contributed by atoms with Gasteiger partial charge in [-0.05, 0) is 11.4 Å². The van der Waals surface area contributed by atoms with Crippen molar-refractivity contribution in [3.63, 3.8) is 0 Å². The van der Waals surface area contributed by atoms with Crippen LogP contribution in [-0.2, 0) is 0 Å². The molecule has 0 aliphatic heterocycles. The van der Waals surface area contributed by atoms with E-state index in [0.29, 0.717) is 0 Å². The second kappa shape index (κ2) is 2.33. The van der Waals surface area contributed by atoms with Crippen LogP contribution in [0.25, 0.3) is 0 Å². The molecule has 0 aliphatic rings. The van der Waals surface area contributed by atoms with Crippen LogP contribution in [0.1, 0.15) is 5.56 Å². The first-order valence-electron chi connectivity index (χ1n) is 2.11. The summed E-state index contributed by atoms with van der Waals surface area (Å²) in [4.78, 5) is 0. The molecule has 0 fully saturated rings. The lowest BCUT2D eigenvalue weighted by molar-refractivity contribution is 1.53. The van der Waals surface area contributed by atoms with Gasteiger partial charge in [0.25, 0.3) is 0 Å². The Balaban J connectivity index is 3.09. The monoisotopic (exact) mass is 143 g/mol. The highest BCUT2D eigenvalue weighted by atomic mass is 32.2. The van der Waals surface area contributed by atoms with Gasteiger partial charge in [-0.2, -0.15) is 0 Å². The number of rotatable bonds is 1. The molecular weight excluding hydrogens is 138 g/mol. The maximum Gasteiger partial charge on any atom is 0.0655 e. The molecule has 0 bridgehead atoms. The van der Waals surface area contributed by atoms with Crippen molar-refractivity contribution in [1.82, 2.24) is 0 Å². The minimum absolute atomic E-state index is 0.901. The third-order valence-electron chi connectivity index (χ3n) is 0.830. The molecule has 0 aliphatic carbocycles. The zero-order chi connectivity index (χ0) is 5.98. The Morgan fingerprint density at radius 3 is 2.75 bits per heavy atom. The molecule has 1 rings (SSSR count). The molecule has 1 aromatic rings. The van der Waals surface area contributed by atoms with Crippen molar-refractivity contribution < 1.29 is 0 Å². The highest BCUT2D eigenvalue weighted by molar-refractivity contribution is 7.83. The largest absolute Gasteiger partial charge is 0.308 e. The van der Waals surface area contributed by atoms with E-state index in [1.54, 1.807) is 11.3 Å². The van der Waals surface area contributed by atoms with E-state index in [4.69, 9.17) is 5.41 Å². The molecule has 0 aromatic carbocycles. The SMILES string of the molecule is N=Cc1ccsc1S. The van der Waals surface area contributed by atoms with Crippen molar-refractivity contribution >= 4 is 30.2 Å². The number of thiol groups is 1. The summed E-state index contributed by atoms with van der Waals surface area (Å²) < 4.78 is 0.917. The molecule has 0 atom stereocenters. The molecule has 0 spiro atoms. The van der Waals surface area contributed by atoms with E-state index in [2.05, 4.69) is 12.6 Å². The standard InChI is InChI=1S/C5H5NS2/c6-3-4-1-2-8-5(4)7/h1-3,6-7H. The van der Waals surface area contributed by atoms with Gasteiger partial charge in [0.2, 0.25) is 0 Å². The highest BCUT2D eigenvalue weighted by Gasteiger charge is 1.92. The van der Waals surface area contributed by atoms with Crippen molar-refractivity contribution in [2.24, 2.45) is 0 Å². The lowest BCUT2D eigenvalue weighted by Gasteiger charge is -1.80. The van der Waals surface area contributed by atoms with Crippen LogP contribution in [0.3, 0.4) is 0 Å². The fourth-order valence-corrected chi connectivity index (χ4v) is 1.35. The summed E-state index contributed by atoms with van der Waals surface area (Å²) >= 11 is 5.64. The van der Waals surface area contributed by atoms with Gasteiger partial charge in [0.15, 0.2) is 0 Å². The van der Waals surface area contributed by atoms with Crippen LogP contribution in [0.5, 0.6) is 0 Å². The summed E-state index contributed by atoms with van der Waals surface area (Å²) in [6.07, 6.45) is 1.30. The highest BCUT2D eigenvalue weighted by Crippen LogP contribution is 2.17. The minimum atomic E-state index is 0.901. The van der Waals surface area contributed by atoms with Gasteiger partial charge in [-0.25, -0.2) is 0 Å². The zero-order valence-corrected chi connectivity index (χ0v) is 5.80. The van der Waals surface area contributed by atoms with Crippen LogP contribution in [0.2, 0.25) is 0 Å². The number of nitrogens with one attached hydrogen (secondary N) is 1. The Morgan fingerprint density at radius 1 is 1.75 bits per heavy atom. The molecule has 1 nitrogen and oxygen atoms in total. The Kier molecular flexibility index (Phi) is 1.70. The van der Waals surface area contributed by atoms with Gasteiger partial charge in [0.05, 0.1) is 4.21 Å². The van der Waals surface area contributed by atoms with Crippen molar-refractivity contribution in [2.75, 3.05) is 0 Å². The van der Waals surface area contributed by atoms with Gasteiger partial charge < -0.3 is 5.41 Å². The van der Waals surface area contributed by atoms with Gasteiger partial charge in [-0.15, -0.1) is 24.0 Å². The third kappa shape index (κ3) is 0.928. The van der Waals surface area contributed by atoms with E-state index >= 15 is 0 Å². The van der Waals surface area contributed by atoms with E-state index in [1.807, 2.05) is 11.4 Å². The average molecular weight is 143 g/mol. The second-order valence-electron chi connectivity index (χ2n) is 1.33. The number of hydrogen-bond donors (Lipinski definition) is 2. The summed E-state index contributed by atoms with van der Waals surface area (Å²) in [6.45, 7) is 0. The molecule has 42 valence electrons. The summed E-state index contributed by atoms with van der Waals surface area (Å²) in [7, 11) is 0. The van der Waals surface area contributed by atoms with Gasteiger partial charge in [0.1, 0.15) is 0 Å². The summed E-state index contributed by atoms with van der Waals surface area (Å²) in [5, 5.41) is 8.75. The minimum Gasteiger partial charge on any atom is -0.308 e. The normalized spacial score (nSPS) is 9.12. The molecule has 1 aromatic heterocycles. The topological polar surface area (TPSA) is 23.9 Å². The molecule has 0 saturated heterocycles. The van der Waals surface area contributed by atoms with E-state index < -0.39 is 0 Å². The molecule has 0 saturated carbocycles.